The molecule has 5 heterocycles. The van der Waals surface area contributed by atoms with Gasteiger partial charge in [0.2, 0.25) is 17.5 Å². The zero-order valence-electron chi connectivity index (χ0n) is 24.4. The van der Waals surface area contributed by atoms with E-state index in [1.807, 2.05) is 4.90 Å². The summed E-state index contributed by atoms with van der Waals surface area (Å²) < 4.78 is 73.0. The van der Waals surface area contributed by atoms with Crippen molar-refractivity contribution >= 4 is 48.9 Å². The summed E-state index contributed by atoms with van der Waals surface area (Å²) in [4.78, 5) is 27.7. The number of nitrogen functional groups attached to an aromatic ring is 1. The summed E-state index contributed by atoms with van der Waals surface area (Å²) in [6.07, 6.45) is -0.699. The lowest BCUT2D eigenvalue weighted by Crippen LogP contribution is -2.43. The van der Waals surface area contributed by atoms with Crippen molar-refractivity contribution < 1.29 is 31.8 Å². The van der Waals surface area contributed by atoms with Crippen molar-refractivity contribution in [1.82, 2.24) is 19.8 Å². The minimum Gasteiger partial charge on any atom is -0.469 e. The minimum atomic E-state index is -1.56. The van der Waals surface area contributed by atoms with E-state index in [0.29, 0.717) is 6.54 Å². The van der Waals surface area contributed by atoms with Gasteiger partial charge in [0.05, 0.1) is 40.3 Å². The number of ether oxygens (including phenoxy) is 2. The molecule has 0 spiro atoms. The van der Waals surface area contributed by atoms with Crippen LogP contribution in [-0.2, 0) is 4.79 Å². The van der Waals surface area contributed by atoms with Crippen LogP contribution in [0.1, 0.15) is 19.3 Å². The molecule has 4 aromatic rings. The molecule has 14 heteroatoms. The quantitative estimate of drug-likeness (QED) is 0.149. The molecule has 0 bridgehead atoms. The molecule has 0 radical (unpaired) electrons. The predicted octanol–water partition coefficient (Wildman–Crippen LogP) is 5.99. The highest BCUT2D eigenvalue weighted by atomic mass is 32.1. The number of aromatic nitrogens is 2. The lowest BCUT2D eigenvalue weighted by molar-refractivity contribution is -0.125. The third-order valence-corrected chi connectivity index (χ3v) is 10.1. The Bertz CT molecular complexity index is 1950. The van der Waals surface area contributed by atoms with E-state index in [2.05, 4.69) is 21.4 Å². The zero-order chi connectivity index (χ0) is 32.3. The number of nitrogens with zero attached hydrogens (tertiary/aromatic N) is 5. The van der Waals surface area contributed by atoms with Crippen molar-refractivity contribution in [3.8, 4) is 23.0 Å². The van der Waals surface area contributed by atoms with Gasteiger partial charge in [0.15, 0.2) is 18.1 Å². The van der Waals surface area contributed by atoms with E-state index in [1.54, 1.807) is 0 Å². The van der Waals surface area contributed by atoms with Gasteiger partial charge in [-0.2, -0.15) is 9.97 Å². The number of alkyl halides is 2. The number of amides is 1. The molecule has 2 aromatic heterocycles. The Morgan fingerprint density at radius 1 is 1.20 bits per heavy atom. The van der Waals surface area contributed by atoms with Crippen molar-refractivity contribution in [2.24, 2.45) is 0 Å². The van der Waals surface area contributed by atoms with Crippen LogP contribution in [0.5, 0.6) is 11.9 Å². The molecule has 1 amide bonds. The summed E-state index contributed by atoms with van der Waals surface area (Å²) >= 11 is 0.901. The Morgan fingerprint density at radius 3 is 2.78 bits per heavy atom. The highest BCUT2D eigenvalue weighted by molar-refractivity contribution is 7.23. The summed E-state index contributed by atoms with van der Waals surface area (Å²) in [5.41, 5.74) is 5.51. The summed E-state index contributed by atoms with van der Waals surface area (Å²) in [7, 11) is 0. The van der Waals surface area contributed by atoms with E-state index in [-0.39, 0.29) is 80.8 Å². The van der Waals surface area contributed by atoms with Crippen molar-refractivity contribution in [3.63, 3.8) is 0 Å². The van der Waals surface area contributed by atoms with E-state index in [0.717, 1.165) is 36.8 Å². The lowest BCUT2D eigenvalue weighted by Gasteiger charge is -2.30. The van der Waals surface area contributed by atoms with Gasteiger partial charge in [0.25, 0.3) is 0 Å². The maximum absolute atomic E-state index is 16.6. The van der Waals surface area contributed by atoms with Gasteiger partial charge in [-0.05, 0) is 43.2 Å². The number of hydrogen-bond acceptors (Lipinski definition) is 8. The lowest BCUT2D eigenvalue weighted by atomic mass is 9.95. The Balaban J connectivity index is 1.33. The molecule has 0 saturated carbocycles. The van der Waals surface area contributed by atoms with Crippen LogP contribution in [0.4, 0.5) is 28.3 Å². The molecule has 0 aliphatic carbocycles. The number of benzene rings is 2. The monoisotopic (exact) mass is 652 g/mol. The second-order valence-electron chi connectivity index (χ2n) is 11.8. The number of likely N-dealkylation sites (tertiary alicyclic amines) is 1. The molecule has 46 heavy (non-hydrogen) atoms. The largest absolute Gasteiger partial charge is 0.469 e. The van der Waals surface area contributed by atoms with Gasteiger partial charge < -0.3 is 20.1 Å². The molecule has 7 rings (SSSR count). The number of nitrogens with two attached hydrogens (primary N) is 1. The average Bonchev–Trinajstić information content (AvgIpc) is 3.77. The number of rotatable bonds is 7. The second kappa shape index (κ2) is 11.4. The molecule has 4 atom stereocenters. The minimum absolute atomic E-state index is 0.0133. The second-order valence-corrected chi connectivity index (χ2v) is 12.9. The Labute approximate surface area is 265 Å². The van der Waals surface area contributed by atoms with E-state index >= 15 is 8.78 Å². The third-order valence-electron chi connectivity index (χ3n) is 9.12. The van der Waals surface area contributed by atoms with Crippen molar-refractivity contribution in [1.29, 1.82) is 0 Å². The van der Waals surface area contributed by atoms with Crippen LogP contribution in [0, 0.1) is 18.2 Å². The van der Waals surface area contributed by atoms with E-state index in [4.69, 9.17) is 21.8 Å². The zero-order valence-corrected chi connectivity index (χ0v) is 25.3. The molecule has 2 aromatic carbocycles. The summed E-state index contributed by atoms with van der Waals surface area (Å²) in [5.74, 6) is -2.04. The highest BCUT2D eigenvalue weighted by Crippen LogP contribution is 2.47. The van der Waals surface area contributed by atoms with E-state index < -0.39 is 41.5 Å². The smallest absolute Gasteiger partial charge is 0.320 e. The summed E-state index contributed by atoms with van der Waals surface area (Å²) in [6.45, 7) is 11.8. The van der Waals surface area contributed by atoms with Gasteiger partial charge in [-0.15, -0.1) is 11.3 Å². The average molecular weight is 653 g/mol. The Hall–Kier alpha value is -4.48. The molecule has 9 nitrogen and oxygen atoms in total. The molecule has 3 saturated heterocycles. The molecular weight excluding hydrogens is 624 g/mol. The molecule has 2 N–H and O–H groups in total. The molecule has 3 aliphatic heterocycles. The first-order valence-corrected chi connectivity index (χ1v) is 15.6. The molecule has 3 fully saturated rings. The standard InChI is InChI=1S/C32H28F4N6O3S/c1-3-23(43)41-13-21(35)22(14-41)45-30-19-6-5-18(17-7-8-20(34)28-24(17)27(38-2)29(37)46-28)25(36)26(19)39-31(40-30)44-15-32-9-4-10-42(32)12-16(33)11-32/h3,5-8,16,21-22H,1,4,9-15,37H2/t16-,21+,22+,32+/m1/s1. The number of thiophene rings is 1. The first-order valence-electron chi connectivity index (χ1n) is 14.7. The number of anilines is 1. The fraction of sp³-hybridized carbons (Fsp3) is 0.375. The van der Waals surface area contributed by atoms with Gasteiger partial charge in [-0.3, -0.25) is 9.69 Å². The van der Waals surface area contributed by atoms with E-state index in [9.17, 15) is 13.6 Å². The molecule has 3 aliphatic rings. The fourth-order valence-electron chi connectivity index (χ4n) is 6.93. The third kappa shape index (κ3) is 4.89. The van der Waals surface area contributed by atoms with Gasteiger partial charge in [0, 0.05) is 23.9 Å². The highest BCUT2D eigenvalue weighted by Gasteiger charge is 2.49. The van der Waals surface area contributed by atoms with Crippen molar-refractivity contribution in [3.05, 3.63) is 60.0 Å². The van der Waals surface area contributed by atoms with Crippen LogP contribution in [0.3, 0.4) is 0 Å². The maximum Gasteiger partial charge on any atom is 0.320 e. The number of hydrogen-bond donors (Lipinski definition) is 1. The van der Waals surface area contributed by atoms with E-state index in [1.165, 1.54) is 29.2 Å². The van der Waals surface area contributed by atoms with Crippen molar-refractivity contribution in [2.45, 2.75) is 43.2 Å². The van der Waals surface area contributed by atoms with Gasteiger partial charge in [-0.25, -0.2) is 22.4 Å². The van der Waals surface area contributed by atoms with Crippen LogP contribution in [0.25, 0.3) is 37.0 Å². The number of carbonyl (C=O) groups excluding carboxylic acids is 1. The first-order chi connectivity index (χ1) is 22.1. The summed E-state index contributed by atoms with van der Waals surface area (Å²) in [5, 5.41) is 0.391. The molecule has 238 valence electrons. The first kappa shape index (κ1) is 30.2. The fourth-order valence-corrected chi connectivity index (χ4v) is 7.87. The number of fused-ring (bicyclic) bond motifs is 3. The number of carbonyl (C=O) groups is 1. The normalized spacial score (nSPS) is 24.4. The topological polar surface area (TPSA) is 98.2 Å². The van der Waals surface area contributed by atoms with Crippen LogP contribution in [0.2, 0.25) is 0 Å². The van der Waals surface area contributed by atoms with Crippen LogP contribution < -0.4 is 15.2 Å². The molecule has 0 unspecified atom stereocenters. The van der Waals surface area contributed by atoms with Gasteiger partial charge in [0.1, 0.15) is 24.1 Å². The Kier molecular flexibility index (Phi) is 7.48. The van der Waals surface area contributed by atoms with Gasteiger partial charge >= 0.3 is 6.01 Å². The van der Waals surface area contributed by atoms with Gasteiger partial charge in [-0.1, -0.05) is 18.7 Å². The maximum atomic E-state index is 16.6. The SMILES string of the molecule is [C-]#[N+]c1c(N)sc2c(F)ccc(-c3ccc4c(O[C@H]5CN(C(=O)C=C)C[C@@H]5F)nc(OC[C@@]56CCCN5C[C@H](F)C6)nc4c3F)c12. The summed E-state index contributed by atoms with van der Waals surface area (Å²) in [6, 6.07) is 5.22. The molecular formula is C32H28F4N6O3S. The van der Waals surface area contributed by atoms with Crippen LogP contribution in [-0.4, -0.2) is 82.4 Å². The van der Waals surface area contributed by atoms with Crippen LogP contribution >= 0.6 is 11.3 Å². The van der Waals surface area contributed by atoms with Crippen molar-refractivity contribution in [2.75, 3.05) is 38.5 Å². The van der Waals surface area contributed by atoms with Crippen LogP contribution in [0.15, 0.2) is 36.9 Å². The number of halogens is 4. The predicted molar refractivity (Wildman–Crippen MR) is 166 cm³/mol. The Morgan fingerprint density at radius 2 is 2.00 bits per heavy atom.